The molecular formula is C44H66N6O11. The number of carboxylic acid groups (broad SMARTS) is 1. The Morgan fingerprint density at radius 3 is 2.10 bits per heavy atom. The van der Waals surface area contributed by atoms with E-state index in [1.807, 2.05) is 53.3 Å². The smallest absolute Gasteiger partial charge is 0.323 e. The number of carbonyl (C=O) groups excluding carboxylic acids is 3. The number of anilines is 1. The van der Waals surface area contributed by atoms with Gasteiger partial charge in [-0.2, -0.15) is 0 Å². The van der Waals surface area contributed by atoms with Crippen LogP contribution in [-0.2, 0) is 73.6 Å². The lowest BCUT2D eigenvalue weighted by Gasteiger charge is -2.27. The highest BCUT2D eigenvalue weighted by atomic mass is 16.6. The average Bonchev–Trinajstić information content (AvgIpc) is 3.67. The van der Waals surface area contributed by atoms with Gasteiger partial charge in [0.1, 0.15) is 18.3 Å². The van der Waals surface area contributed by atoms with E-state index in [4.69, 9.17) is 28.4 Å². The van der Waals surface area contributed by atoms with E-state index in [1.165, 1.54) is 4.90 Å². The number of fused-ring (bicyclic) bond motifs is 1. The van der Waals surface area contributed by atoms with Gasteiger partial charge in [0.25, 0.3) is 0 Å². The SMILES string of the molecule is CCOC(=O)[C@H](CCc1ccccc1)N[C@H]1CCc2ccccc2N(CC(=O)O)C1=O.CNC(=O)CCOCCOCCOCCOCCOCc1cn(CCC(C)C)nn1. The monoisotopic (exact) mass is 854 g/mol. The van der Waals surface area contributed by atoms with Crippen molar-refractivity contribution in [2.45, 2.75) is 84.5 Å². The Balaban J connectivity index is 0.000000326. The average molecular weight is 855 g/mol. The zero-order valence-corrected chi connectivity index (χ0v) is 36.3. The standard InChI is InChI=1S/C24H28N2O5.C20H38N4O6/c1-2-31-24(30)20(14-12-17-8-4-3-5-9-17)25-19-15-13-18-10-6-7-11-21(18)26(23(19)29)16-22(27)28;1-18(2)4-6-24-16-19(22-23-24)17-30-15-14-29-13-12-28-11-10-27-9-8-26-7-5-20(25)21-3/h3-11,19-20,25H,2,12-16H2,1H3,(H,27,28);16,18H,4-15,17H2,1-3H3,(H,21,25)/t19-,20-;/m0./s1. The van der Waals surface area contributed by atoms with E-state index < -0.39 is 30.6 Å². The molecule has 3 aromatic rings. The van der Waals surface area contributed by atoms with Crippen LogP contribution in [0, 0.1) is 5.92 Å². The molecule has 2 amide bonds. The van der Waals surface area contributed by atoms with Crippen LogP contribution in [0.2, 0.25) is 0 Å². The summed E-state index contributed by atoms with van der Waals surface area (Å²) in [5, 5.41) is 23.3. The van der Waals surface area contributed by atoms with Crippen molar-refractivity contribution in [3.63, 3.8) is 0 Å². The van der Waals surface area contributed by atoms with Gasteiger partial charge in [-0.15, -0.1) is 5.10 Å². The van der Waals surface area contributed by atoms with Gasteiger partial charge in [-0.3, -0.25) is 34.1 Å². The van der Waals surface area contributed by atoms with Crippen molar-refractivity contribution in [2.24, 2.45) is 5.92 Å². The summed E-state index contributed by atoms with van der Waals surface area (Å²) >= 11 is 0. The molecule has 17 heteroatoms. The molecule has 0 saturated heterocycles. The number of rotatable bonds is 29. The highest BCUT2D eigenvalue weighted by molar-refractivity contribution is 6.02. The lowest BCUT2D eigenvalue weighted by Crippen LogP contribution is -2.53. The van der Waals surface area contributed by atoms with Gasteiger partial charge in [-0.25, -0.2) is 0 Å². The number of nitrogens with zero attached hydrogens (tertiary/aromatic N) is 4. The number of carbonyl (C=O) groups is 4. The molecular weight excluding hydrogens is 789 g/mol. The number of amides is 2. The van der Waals surface area contributed by atoms with Crippen molar-refractivity contribution >= 4 is 29.4 Å². The molecule has 61 heavy (non-hydrogen) atoms. The maximum absolute atomic E-state index is 13.3. The molecule has 2 aromatic carbocycles. The molecule has 0 saturated carbocycles. The number of hydrogen-bond donors (Lipinski definition) is 3. The molecule has 2 atom stereocenters. The van der Waals surface area contributed by atoms with Crippen LogP contribution in [0.5, 0.6) is 0 Å². The zero-order valence-electron chi connectivity index (χ0n) is 36.3. The van der Waals surface area contributed by atoms with Crippen LogP contribution in [0.25, 0.3) is 0 Å². The van der Waals surface area contributed by atoms with Gasteiger partial charge < -0.3 is 38.8 Å². The van der Waals surface area contributed by atoms with Crippen LogP contribution < -0.4 is 15.5 Å². The third-order valence-corrected chi connectivity index (χ3v) is 9.39. The Labute approximate surface area is 359 Å². The van der Waals surface area contributed by atoms with E-state index in [0.717, 1.165) is 29.8 Å². The van der Waals surface area contributed by atoms with Crippen molar-refractivity contribution < 1.29 is 52.7 Å². The molecule has 0 radical (unpaired) electrons. The van der Waals surface area contributed by atoms with Crippen molar-refractivity contribution in [1.29, 1.82) is 0 Å². The van der Waals surface area contributed by atoms with E-state index in [2.05, 4.69) is 34.8 Å². The molecule has 0 bridgehead atoms. The predicted molar refractivity (Wildman–Crippen MR) is 228 cm³/mol. The summed E-state index contributed by atoms with van der Waals surface area (Å²) in [7, 11) is 1.61. The number of aryl methyl sites for hydroxylation is 3. The van der Waals surface area contributed by atoms with Crippen molar-refractivity contribution in [3.8, 4) is 0 Å². The summed E-state index contributed by atoms with van der Waals surface area (Å²) in [5.74, 6) is -1.22. The first-order valence-corrected chi connectivity index (χ1v) is 21.2. The van der Waals surface area contributed by atoms with Crippen LogP contribution in [0.15, 0.2) is 60.8 Å². The third-order valence-electron chi connectivity index (χ3n) is 9.39. The topological polar surface area (TPSA) is 202 Å². The summed E-state index contributed by atoms with van der Waals surface area (Å²) in [6, 6.07) is 15.8. The second-order valence-electron chi connectivity index (χ2n) is 14.6. The Morgan fingerprint density at radius 2 is 1.48 bits per heavy atom. The van der Waals surface area contributed by atoms with Crippen molar-refractivity contribution in [2.75, 3.05) is 84.6 Å². The van der Waals surface area contributed by atoms with E-state index >= 15 is 0 Å². The largest absolute Gasteiger partial charge is 0.480 e. The van der Waals surface area contributed by atoms with Gasteiger partial charge >= 0.3 is 11.9 Å². The molecule has 17 nitrogen and oxygen atoms in total. The molecule has 4 rings (SSSR count). The van der Waals surface area contributed by atoms with Gasteiger partial charge in [-0.05, 0) is 62.1 Å². The predicted octanol–water partition coefficient (Wildman–Crippen LogP) is 3.62. The first-order valence-electron chi connectivity index (χ1n) is 21.2. The lowest BCUT2D eigenvalue weighted by atomic mass is 10.0. The van der Waals surface area contributed by atoms with Crippen LogP contribution in [0.1, 0.15) is 63.3 Å². The Kier molecular flexibility index (Phi) is 25.1. The fourth-order valence-corrected chi connectivity index (χ4v) is 6.13. The van der Waals surface area contributed by atoms with Gasteiger partial charge in [-0.1, -0.05) is 67.6 Å². The number of para-hydroxylation sites is 1. The van der Waals surface area contributed by atoms with Crippen LogP contribution in [0.3, 0.4) is 0 Å². The van der Waals surface area contributed by atoms with Crippen molar-refractivity contribution in [3.05, 3.63) is 77.6 Å². The highest BCUT2D eigenvalue weighted by Crippen LogP contribution is 2.27. The minimum Gasteiger partial charge on any atom is -0.480 e. The number of nitrogens with one attached hydrogen (secondary N) is 2. The molecule has 0 aliphatic carbocycles. The number of esters is 1. The van der Waals surface area contributed by atoms with Gasteiger partial charge in [0, 0.05) is 25.7 Å². The lowest BCUT2D eigenvalue weighted by molar-refractivity contribution is -0.146. The number of ether oxygens (including phenoxy) is 6. The maximum atomic E-state index is 13.3. The second-order valence-corrected chi connectivity index (χ2v) is 14.6. The van der Waals surface area contributed by atoms with Crippen LogP contribution in [-0.4, -0.2) is 136 Å². The summed E-state index contributed by atoms with van der Waals surface area (Å²) in [5.41, 5.74) is 3.44. The molecule has 2 heterocycles. The van der Waals surface area contributed by atoms with E-state index in [9.17, 15) is 24.3 Å². The van der Waals surface area contributed by atoms with Crippen LogP contribution >= 0.6 is 0 Å². The van der Waals surface area contributed by atoms with Gasteiger partial charge in [0.15, 0.2) is 0 Å². The fraction of sp³-hybridized carbons (Fsp3) is 0.591. The Bertz CT molecular complexity index is 1690. The summed E-state index contributed by atoms with van der Waals surface area (Å²) < 4.78 is 34.2. The van der Waals surface area contributed by atoms with Gasteiger partial charge in [0.2, 0.25) is 11.8 Å². The third kappa shape index (κ3) is 21.0. The normalized spacial score (nSPS) is 14.1. The molecule has 1 aromatic heterocycles. The minimum atomic E-state index is -1.09. The maximum Gasteiger partial charge on any atom is 0.323 e. The highest BCUT2D eigenvalue weighted by Gasteiger charge is 2.34. The van der Waals surface area contributed by atoms with Crippen LogP contribution in [0.4, 0.5) is 5.69 Å². The van der Waals surface area contributed by atoms with Crippen molar-refractivity contribution in [1.82, 2.24) is 25.6 Å². The number of carboxylic acids is 1. The summed E-state index contributed by atoms with van der Waals surface area (Å²) in [4.78, 5) is 49.6. The van der Waals surface area contributed by atoms with E-state index in [1.54, 1.807) is 26.1 Å². The summed E-state index contributed by atoms with van der Waals surface area (Å²) in [6.07, 6.45) is 5.56. The quantitative estimate of drug-likeness (QED) is 0.0675. The molecule has 3 N–H and O–H groups in total. The molecule has 1 aliphatic heterocycles. The molecule has 0 unspecified atom stereocenters. The first-order chi connectivity index (χ1) is 29.6. The Morgan fingerprint density at radius 1 is 0.852 bits per heavy atom. The number of aliphatic carboxylic acids is 1. The first kappa shape index (κ1) is 50.6. The van der Waals surface area contributed by atoms with E-state index in [0.29, 0.717) is 110 Å². The minimum absolute atomic E-state index is 0.0281. The summed E-state index contributed by atoms with van der Waals surface area (Å²) in [6.45, 7) is 11.7. The molecule has 338 valence electrons. The van der Waals surface area contributed by atoms with Gasteiger partial charge in [0.05, 0.1) is 84.9 Å². The Hall–Kier alpha value is -4.78. The molecule has 0 spiro atoms. The number of hydrogen-bond acceptors (Lipinski definition) is 13. The fourth-order valence-electron chi connectivity index (χ4n) is 6.13. The zero-order chi connectivity index (χ0) is 44.1. The van der Waals surface area contributed by atoms with E-state index in [-0.39, 0.29) is 18.4 Å². The number of benzene rings is 2. The number of aromatic nitrogens is 3. The molecule has 1 aliphatic rings. The molecule has 0 fully saturated rings. The second kappa shape index (κ2) is 30.3.